The molecule has 0 heterocycles. The molecule has 0 bridgehead atoms. The summed E-state index contributed by atoms with van der Waals surface area (Å²) in [7, 11) is 0. The Bertz CT molecular complexity index is 545. The normalized spacial score (nSPS) is 18.0. The van der Waals surface area contributed by atoms with Gasteiger partial charge < -0.3 is 5.73 Å². The SMILES string of the molecule is NCC(F)(c1ccc(-c2ccccc2)cc1)C1CC1. The zero-order valence-corrected chi connectivity index (χ0v) is 10.9. The van der Waals surface area contributed by atoms with Crippen LogP contribution in [0.5, 0.6) is 0 Å². The largest absolute Gasteiger partial charge is 0.327 e. The van der Waals surface area contributed by atoms with Gasteiger partial charge in [-0.05, 0) is 35.4 Å². The molecule has 2 N–H and O–H groups in total. The summed E-state index contributed by atoms with van der Waals surface area (Å²) in [6, 6.07) is 17.9. The van der Waals surface area contributed by atoms with Gasteiger partial charge >= 0.3 is 0 Å². The van der Waals surface area contributed by atoms with E-state index in [4.69, 9.17) is 5.73 Å². The van der Waals surface area contributed by atoms with Crippen LogP contribution in [-0.4, -0.2) is 6.54 Å². The van der Waals surface area contributed by atoms with E-state index < -0.39 is 5.67 Å². The highest BCUT2D eigenvalue weighted by atomic mass is 19.1. The first-order chi connectivity index (χ1) is 9.24. The fourth-order valence-corrected chi connectivity index (χ4v) is 2.63. The van der Waals surface area contributed by atoms with Crippen molar-refractivity contribution in [2.75, 3.05) is 6.54 Å². The number of rotatable bonds is 4. The van der Waals surface area contributed by atoms with E-state index >= 15 is 0 Å². The highest BCUT2D eigenvalue weighted by Gasteiger charge is 2.46. The van der Waals surface area contributed by atoms with Crippen LogP contribution >= 0.6 is 0 Å². The maximum absolute atomic E-state index is 14.8. The summed E-state index contributed by atoms with van der Waals surface area (Å²) in [5.41, 5.74) is 7.30. The summed E-state index contributed by atoms with van der Waals surface area (Å²) in [6.45, 7) is 0.0718. The van der Waals surface area contributed by atoms with Gasteiger partial charge in [0.15, 0.2) is 5.67 Å². The van der Waals surface area contributed by atoms with Crippen LogP contribution in [0.2, 0.25) is 0 Å². The van der Waals surface area contributed by atoms with Crippen LogP contribution in [-0.2, 0) is 5.67 Å². The first-order valence-electron chi connectivity index (χ1n) is 6.79. The van der Waals surface area contributed by atoms with Gasteiger partial charge in [-0.3, -0.25) is 0 Å². The van der Waals surface area contributed by atoms with Gasteiger partial charge in [0, 0.05) is 6.54 Å². The van der Waals surface area contributed by atoms with Gasteiger partial charge in [-0.25, -0.2) is 4.39 Å². The molecule has 1 fully saturated rings. The van der Waals surface area contributed by atoms with Gasteiger partial charge in [-0.1, -0.05) is 54.6 Å². The van der Waals surface area contributed by atoms with Crippen molar-refractivity contribution < 1.29 is 4.39 Å². The summed E-state index contributed by atoms with van der Waals surface area (Å²) in [4.78, 5) is 0. The Morgan fingerprint density at radius 2 is 1.53 bits per heavy atom. The second kappa shape index (κ2) is 4.78. The van der Waals surface area contributed by atoms with Crippen LogP contribution in [0.1, 0.15) is 18.4 Å². The average molecular weight is 255 g/mol. The van der Waals surface area contributed by atoms with E-state index in [2.05, 4.69) is 12.1 Å². The van der Waals surface area contributed by atoms with Crippen molar-refractivity contribution in [2.24, 2.45) is 11.7 Å². The lowest BCUT2D eigenvalue weighted by Crippen LogP contribution is -2.32. The highest BCUT2D eigenvalue weighted by Crippen LogP contribution is 2.48. The van der Waals surface area contributed by atoms with E-state index in [0.717, 1.165) is 29.5 Å². The van der Waals surface area contributed by atoms with Gasteiger partial charge in [0.2, 0.25) is 0 Å². The van der Waals surface area contributed by atoms with Crippen molar-refractivity contribution in [3.63, 3.8) is 0 Å². The Kier molecular flexibility index (Phi) is 3.11. The van der Waals surface area contributed by atoms with Crippen LogP contribution in [0.4, 0.5) is 4.39 Å². The summed E-state index contributed by atoms with van der Waals surface area (Å²) < 4.78 is 14.8. The number of alkyl halides is 1. The average Bonchev–Trinajstić information content (AvgIpc) is 3.33. The molecule has 98 valence electrons. The molecule has 2 heteroatoms. The van der Waals surface area contributed by atoms with Crippen molar-refractivity contribution in [1.29, 1.82) is 0 Å². The van der Waals surface area contributed by atoms with Gasteiger partial charge in [0.05, 0.1) is 0 Å². The maximum Gasteiger partial charge on any atom is 0.150 e. The molecule has 0 radical (unpaired) electrons. The second-order valence-electron chi connectivity index (χ2n) is 5.28. The first kappa shape index (κ1) is 12.4. The molecule has 2 aromatic carbocycles. The highest BCUT2D eigenvalue weighted by molar-refractivity contribution is 5.63. The van der Waals surface area contributed by atoms with E-state index in [1.807, 2.05) is 42.5 Å². The first-order valence-corrected chi connectivity index (χ1v) is 6.79. The quantitative estimate of drug-likeness (QED) is 0.881. The summed E-state index contributed by atoms with van der Waals surface area (Å²) in [5, 5.41) is 0. The molecule has 0 spiro atoms. The Balaban J connectivity index is 1.91. The van der Waals surface area contributed by atoms with E-state index in [1.54, 1.807) is 0 Å². The van der Waals surface area contributed by atoms with Crippen molar-refractivity contribution in [1.82, 2.24) is 0 Å². The molecule has 0 amide bonds. The van der Waals surface area contributed by atoms with Crippen LogP contribution < -0.4 is 5.73 Å². The topological polar surface area (TPSA) is 26.0 Å². The van der Waals surface area contributed by atoms with Gasteiger partial charge in [-0.15, -0.1) is 0 Å². The Morgan fingerprint density at radius 3 is 2.05 bits per heavy atom. The third-order valence-electron chi connectivity index (χ3n) is 3.99. The molecule has 1 atom stereocenters. The third-order valence-corrected chi connectivity index (χ3v) is 3.99. The molecule has 19 heavy (non-hydrogen) atoms. The van der Waals surface area contributed by atoms with Crippen molar-refractivity contribution >= 4 is 0 Å². The summed E-state index contributed by atoms with van der Waals surface area (Å²) in [6.07, 6.45) is 1.91. The zero-order valence-electron chi connectivity index (χ0n) is 10.9. The van der Waals surface area contributed by atoms with Crippen molar-refractivity contribution in [2.45, 2.75) is 18.5 Å². The number of nitrogens with two attached hydrogens (primary N) is 1. The minimum absolute atomic E-state index is 0.0718. The van der Waals surface area contributed by atoms with Gasteiger partial charge in [0.25, 0.3) is 0 Å². The molecule has 3 rings (SSSR count). The molecule has 1 unspecified atom stereocenters. The van der Waals surface area contributed by atoms with E-state index in [1.165, 1.54) is 0 Å². The molecular weight excluding hydrogens is 237 g/mol. The smallest absolute Gasteiger partial charge is 0.150 e. The number of halogens is 1. The monoisotopic (exact) mass is 255 g/mol. The number of hydrogen-bond donors (Lipinski definition) is 1. The van der Waals surface area contributed by atoms with E-state index in [0.29, 0.717) is 0 Å². The molecule has 0 aliphatic heterocycles. The maximum atomic E-state index is 14.8. The van der Waals surface area contributed by atoms with Crippen LogP contribution in [0.3, 0.4) is 0 Å². The zero-order chi connectivity index (χ0) is 13.3. The van der Waals surface area contributed by atoms with E-state index in [-0.39, 0.29) is 12.5 Å². The summed E-state index contributed by atoms with van der Waals surface area (Å²) in [5.74, 6) is 0.111. The predicted octanol–water partition coefficient (Wildman–Crippen LogP) is 3.89. The number of benzene rings is 2. The molecule has 2 aromatic rings. The van der Waals surface area contributed by atoms with Gasteiger partial charge in [0.1, 0.15) is 0 Å². The standard InChI is InChI=1S/C17H18FN/c18-17(12-19,16-10-11-16)15-8-6-14(7-9-15)13-4-2-1-3-5-13/h1-9,16H,10-12,19H2. The van der Waals surface area contributed by atoms with Crippen molar-refractivity contribution in [3.05, 3.63) is 60.2 Å². The Morgan fingerprint density at radius 1 is 0.947 bits per heavy atom. The van der Waals surface area contributed by atoms with Gasteiger partial charge in [-0.2, -0.15) is 0 Å². The van der Waals surface area contributed by atoms with Crippen LogP contribution in [0.15, 0.2) is 54.6 Å². The molecule has 0 saturated heterocycles. The Labute approximate surface area is 113 Å². The molecule has 1 aliphatic carbocycles. The minimum Gasteiger partial charge on any atom is -0.327 e. The number of hydrogen-bond acceptors (Lipinski definition) is 1. The predicted molar refractivity (Wildman–Crippen MR) is 76.4 cm³/mol. The molecule has 0 aromatic heterocycles. The molecule has 1 saturated carbocycles. The molecular formula is C17H18FN. The fourth-order valence-electron chi connectivity index (χ4n) is 2.63. The lowest BCUT2D eigenvalue weighted by molar-refractivity contribution is 0.143. The second-order valence-corrected chi connectivity index (χ2v) is 5.28. The summed E-state index contributed by atoms with van der Waals surface area (Å²) >= 11 is 0. The van der Waals surface area contributed by atoms with Crippen LogP contribution in [0, 0.1) is 5.92 Å². The Hall–Kier alpha value is -1.67. The van der Waals surface area contributed by atoms with E-state index in [9.17, 15) is 4.39 Å². The minimum atomic E-state index is -1.34. The molecule has 1 aliphatic rings. The lowest BCUT2D eigenvalue weighted by atomic mass is 9.89. The van der Waals surface area contributed by atoms with Crippen LogP contribution in [0.25, 0.3) is 11.1 Å². The lowest BCUT2D eigenvalue weighted by Gasteiger charge is -2.24. The molecule has 1 nitrogen and oxygen atoms in total. The van der Waals surface area contributed by atoms with Crippen molar-refractivity contribution in [3.8, 4) is 11.1 Å². The third kappa shape index (κ3) is 2.28. The fraction of sp³-hybridized carbons (Fsp3) is 0.294.